The van der Waals surface area contributed by atoms with Crippen molar-refractivity contribution < 1.29 is 9.53 Å². The average molecular weight is 379 g/mol. The van der Waals surface area contributed by atoms with Gasteiger partial charge < -0.3 is 20.4 Å². The summed E-state index contributed by atoms with van der Waals surface area (Å²) >= 11 is 1.34. The van der Waals surface area contributed by atoms with Crippen LogP contribution in [-0.4, -0.2) is 27.6 Å². The highest BCUT2D eigenvalue weighted by Crippen LogP contribution is 2.34. The number of hydrogen-bond donors (Lipinski definition) is 3. The van der Waals surface area contributed by atoms with Crippen LogP contribution in [0.5, 0.6) is 5.06 Å². The third-order valence-corrected chi connectivity index (χ3v) is 4.74. The zero-order valence-corrected chi connectivity index (χ0v) is 15.1. The molecule has 0 bridgehead atoms. The molecule has 136 valence electrons. The Morgan fingerprint density at radius 3 is 2.93 bits per heavy atom. The van der Waals surface area contributed by atoms with Gasteiger partial charge in [0.1, 0.15) is 17.8 Å². The SMILES string of the molecule is O=C(NCCc1ccccc1)Oc1sccc1Nc1ncnc2[nH]ccc12. The number of nitrogens with zero attached hydrogens (tertiary/aromatic N) is 2. The van der Waals surface area contributed by atoms with Crippen LogP contribution < -0.4 is 15.4 Å². The number of benzene rings is 1. The number of H-pyrrole nitrogens is 1. The lowest BCUT2D eigenvalue weighted by Gasteiger charge is -2.09. The van der Waals surface area contributed by atoms with Gasteiger partial charge in [0.25, 0.3) is 0 Å². The van der Waals surface area contributed by atoms with E-state index in [0.717, 1.165) is 23.0 Å². The van der Waals surface area contributed by atoms with E-state index in [1.807, 2.05) is 47.8 Å². The lowest BCUT2D eigenvalue weighted by molar-refractivity contribution is 0.202. The number of rotatable bonds is 6. The average Bonchev–Trinajstić information content (AvgIpc) is 3.33. The van der Waals surface area contributed by atoms with Gasteiger partial charge in [0, 0.05) is 12.7 Å². The van der Waals surface area contributed by atoms with Crippen molar-refractivity contribution in [3.8, 4) is 5.06 Å². The predicted molar refractivity (Wildman–Crippen MR) is 106 cm³/mol. The first-order chi connectivity index (χ1) is 13.3. The van der Waals surface area contributed by atoms with Gasteiger partial charge in [-0.15, -0.1) is 11.3 Å². The fourth-order valence-corrected chi connectivity index (χ4v) is 3.34. The molecule has 3 aromatic heterocycles. The molecule has 4 aromatic rings. The summed E-state index contributed by atoms with van der Waals surface area (Å²) in [7, 11) is 0. The normalized spacial score (nSPS) is 10.7. The first kappa shape index (κ1) is 17.0. The molecule has 1 aromatic carbocycles. The molecule has 0 aliphatic carbocycles. The van der Waals surface area contributed by atoms with Crippen LogP contribution >= 0.6 is 11.3 Å². The number of thiophene rings is 1. The van der Waals surface area contributed by atoms with Crippen LogP contribution in [0.25, 0.3) is 11.0 Å². The molecule has 1 amide bonds. The largest absolute Gasteiger partial charge is 0.413 e. The molecule has 8 heteroatoms. The zero-order valence-electron chi connectivity index (χ0n) is 14.3. The van der Waals surface area contributed by atoms with Gasteiger partial charge in [-0.2, -0.15) is 0 Å². The fourth-order valence-electron chi connectivity index (χ4n) is 2.64. The Hall–Kier alpha value is -3.39. The summed E-state index contributed by atoms with van der Waals surface area (Å²) in [5, 5.41) is 9.17. The number of anilines is 2. The van der Waals surface area contributed by atoms with E-state index in [1.54, 1.807) is 6.20 Å². The van der Waals surface area contributed by atoms with Crippen molar-refractivity contribution in [2.45, 2.75) is 6.42 Å². The third kappa shape index (κ3) is 4.06. The smallest absolute Gasteiger partial charge is 0.397 e. The number of fused-ring (bicyclic) bond motifs is 1. The zero-order chi connectivity index (χ0) is 18.5. The minimum absolute atomic E-state index is 0.481. The Labute approximate surface area is 159 Å². The molecule has 0 aliphatic heterocycles. The van der Waals surface area contributed by atoms with Gasteiger partial charge in [0.15, 0.2) is 0 Å². The summed E-state index contributed by atoms with van der Waals surface area (Å²) < 4.78 is 5.44. The number of aromatic amines is 1. The molecule has 0 unspecified atom stereocenters. The minimum Gasteiger partial charge on any atom is -0.397 e. The quantitative estimate of drug-likeness (QED) is 0.469. The number of amides is 1. The number of nitrogens with one attached hydrogen (secondary N) is 3. The van der Waals surface area contributed by atoms with Crippen LogP contribution in [0.3, 0.4) is 0 Å². The highest BCUT2D eigenvalue weighted by atomic mass is 32.1. The van der Waals surface area contributed by atoms with Crippen molar-refractivity contribution in [2.75, 3.05) is 11.9 Å². The molecule has 0 atom stereocenters. The second-order valence-electron chi connectivity index (χ2n) is 5.76. The van der Waals surface area contributed by atoms with Gasteiger partial charge in [-0.25, -0.2) is 14.8 Å². The maximum atomic E-state index is 12.1. The molecular weight excluding hydrogens is 362 g/mol. The van der Waals surface area contributed by atoms with Crippen molar-refractivity contribution in [3.63, 3.8) is 0 Å². The maximum absolute atomic E-state index is 12.1. The van der Waals surface area contributed by atoms with E-state index in [-0.39, 0.29) is 0 Å². The van der Waals surface area contributed by atoms with Gasteiger partial charge >= 0.3 is 6.09 Å². The summed E-state index contributed by atoms with van der Waals surface area (Å²) in [6, 6.07) is 13.7. The van der Waals surface area contributed by atoms with Crippen molar-refractivity contribution in [1.82, 2.24) is 20.3 Å². The van der Waals surface area contributed by atoms with Crippen molar-refractivity contribution in [3.05, 3.63) is 65.9 Å². The van der Waals surface area contributed by atoms with Gasteiger partial charge in [-0.3, -0.25) is 0 Å². The van der Waals surface area contributed by atoms with E-state index in [2.05, 4.69) is 25.6 Å². The highest BCUT2D eigenvalue weighted by Gasteiger charge is 2.13. The van der Waals surface area contributed by atoms with Gasteiger partial charge in [0.05, 0.1) is 11.1 Å². The standard InChI is InChI=1S/C19H17N5O2S/c25-19(21-9-6-13-4-2-1-3-5-13)26-18-15(8-11-27-18)24-17-14-7-10-20-16(14)22-12-23-17/h1-5,7-8,10-12H,6,9H2,(H,21,25)(H2,20,22,23,24). The molecule has 0 spiro atoms. The predicted octanol–water partition coefficient (Wildman–Crippen LogP) is 4.09. The Morgan fingerprint density at radius 1 is 1.15 bits per heavy atom. The Balaban J connectivity index is 1.37. The van der Waals surface area contributed by atoms with Crippen LogP contribution in [0, 0.1) is 0 Å². The highest BCUT2D eigenvalue weighted by molar-refractivity contribution is 7.12. The van der Waals surface area contributed by atoms with E-state index in [0.29, 0.717) is 23.1 Å². The monoisotopic (exact) mass is 379 g/mol. The summed E-state index contributed by atoms with van der Waals surface area (Å²) in [4.78, 5) is 23.6. The van der Waals surface area contributed by atoms with Crippen molar-refractivity contribution in [2.24, 2.45) is 0 Å². The molecule has 4 rings (SSSR count). The Kier molecular flexibility index (Phi) is 4.97. The molecule has 0 radical (unpaired) electrons. The fraction of sp³-hybridized carbons (Fsp3) is 0.105. The van der Waals surface area contributed by atoms with Crippen LogP contribution in [-0.2, 0) is 6.42 Å². The van der Waals surface area contributed by atoms with E-state index in [9.17, 15) is 4.79 Å². The van der Waals surface area contributed by atoms with Crippen LogP contribution in [0.1, 0.15) is 5.56 Å². The summed E-state index contributed by atoms with van der Waals surface area (Å²) in [6.07, 6.45) is 3.55. The van der Waals surface area contributed by atoms with Crippen LogP contribution in [0.4, 0.5) is 16.3 Å². The topological polar surface area (TPSA) is 91.9 Å². The molecule has 3 heterocycles. The second-order valence-corrected chi connectivity index (χ2v) is 6.64. The van der Waals surface area contributed by atoms with Crippen molar-refractivity contribution >= 4 is 40.0 Å². The first-order valence-corrected chi connectivity index (χ1v) is 9.30. The Morgan fingerprint density at radius 2 is 2.04 bits per heavy atom. The number of ether oxygens (including phenoxy) is 1. The molecule has 0 aliphatic rings. The lowest BCUT2D eigenvalue weighted by atomic mass is 10.1. The van der Waals surface area contributed by atoms with Gasteiger partial charge in [-0.1, -0.05) is 30.3 Å². The number of carbonyl (C=O) groups is 1. The van der Waals surface area contributed by atoms with E-state index >= 15 is 0 Å². The molecule has 0 saturated heterocycles. The van der Waals surface area contributed by atoms with E-state index < -0.39 is 6.09 Å². The molecule has 7 nitrogen and oxygen atoms in total. The van der Waals surface area contributed by atoms with Gasteiger partial charge in [-0.05, 0) is 29.5 Å². The molecule has 27 heavy (non-hydrogen) atoms. The number of aromatic nitrogens is 3. The summed E-state index contributed by atoms with van der Waals surface area (Å²) in [5.41, 5.74) is 2.58. The number of hydrogen-bond acceptors (Lipinski definition) is 6. The van der Waals surface area contributed by atoms with Crippen LogP contribution in [0.15, 0.2) is 60.4 Å². The van der Waals surface area contributed by atoms with Gasteiger partial charge in [0.2, 0.25) is 5.06 Å². The van der Waals surface area contributed by atoms with E-state index in [4.69, 9.17) is 4.74 Å². The second kappa shape index (κ2) is 7.88. The third-order valence-electron chi connectivity index (χ3n) is 3.95. The molecule has 0 fully saturated rings. The lowest BCUT2D eigenvalue weighted by Crippen LogP contribution is -2.28. The maximum Gasteiger partial charge on any atom is 0.413 e. The van der Waals surface area contributed by atoms with Crippen LogP contribution in [0.2, 0.25) is 0 Å². The molecular formula is C19H17N5O2S. The first-order valence-electron chi connectivity index (χ1n) is 8.42. The Bertz CT molecular complexity index is 1040. The molecule has 3 N–H and O–H groups in total. The number of carbonyl (C=O) groups excluding carboxylic acids is 1. The van der Waals surface area contributed by atoms with Crippen molar-refractivity contribution in [1.29, 1.82) is 0 Å². The summed E-state index contributed by atoms with van der Waals surface area (Å²) in [6.45, 7) is 0.507. The minimum atomic E-state index is -0.481. The van der Waals surface area contributed by atoms with E-state index in [1.165, 1.54) is 17.7 Å². The molecule has 0 saturated carbocycles. The summed E-state index contributed by atoms with van der Waals surface area (Å²) in [5.74, 6) is 0.647.